The number of carbonyl (C=O) groups excluding carboxylic acids is 1. The SMILES string of the molecule is O=C(Cc1ccc2c(c1)CCC2)CC1CCS(=O)(=O)C1. The smallest absolute Gasteiger partial charge is 0.150 e. The van der Waals surface area contributed by atoms with Crippen LogP contribution < -0.4 is 0 Å². The molecule has 0 amide bonds. The van der Waals surface area contributed by atoms with Crippen LogP contribution in [0.4, 0.5) is 0 Å². The Balaban J connectivity index is 1.59. The predicted octanol–water partition coefficient (Wildman–Crippen LogP) is 2.11. The molecule has 4 heteroatoms. The highest BCUT2D eigenvalue weighted by molar-refractivity contribution is 7.91. The summed E-state index contributed by atoms with van der Waals surface area (Å²) in [6.45, 7) is 0. The molecule has 0 aromatic heterocycles. The van der Waals surface area contributed by atoms with Crippen molar-refractivity contribution in [2.75, 3.05) is 11.5 Å². The minimum absolute atomic E-state index is 0.0435. The first-order valence-electron chi connectivity index (χ1n) is 7.35. The van der Waals surface area contributed by atoms with Gasteiger partial charge < -0.3 is 0 Å². The van der Waals surface area contributed by atoms with Gasteiger partial charge in [0.2, 0.25) is 0 Å². The van der Waals surface area contributed by atoms with E-state index in [0.29, 0.717) is 19.3 Å². The van der Waals surface area contributed by atoms with E-state index in [0.717, 1.165) is 18.4 Å². The van der Waals surface area contributed by atoms with Crippen LogP contribution in [-0.4, -0.2) is 25.7 Å². The summed E-state index contributed by atoms with van der Waals surface area (Å²) in [5.41, 5.74) is 3.89. The van der Waals surface area contributed by atoms with E-state index in [1.807, 2.05) is 6.07 Å². The molecule has 0 radical (unpaired) electrons. The molecule has 1 unspecified atom stereocenters. The van der Waals surface area contributed by atoms with Gasteiger partial charge in [0.15, 0.2) is 9.84 Å². The normalized spacial score (nSPS) is 23.7. The van der Waals surface area contributed by atoms with Crippen LogP contribution in [0.2, 0.25) is 0 Å². The van der Waals surface area contributed by atoms with Crippen molar-refractivity contribution in [2.45, 2.75) is 38.5 Å². The molecule has 0 bridgehead atoms. The highest BCUT2D eigenvalue weighted by Crippen LogP contribution is 2.25. The Morgan fingerprint density at radius 1 is 1.20 bits per heavy atom. The third kappa shape index (κ3) is 3.11. The molecule has 3 nitrogen and oxygen atoms in total. The third-order valence-corrected chi connectivity index (χ3v) is 6.24. The monoisotopic (exact) mass is 292 g/mol. The second-order valence-electron chi connectivity index (χ2n) is 6.15. The maximum atomic E-state index is 12.1. The first-order chi connectivity index (χ1) is 9.52. The molecular formula is C16H20O3S. The summed E-state index contributed by atoms with van der Waals surface area (Å²) in [7, 11) is -2.87. The summed E-state index contributed by atoms with van der Waals surface area (Å²) in [4.78, 5) is 12.1. The third-order valence-electron chi connectivity index (χ3n) is 4.41. The molecule has 0 N–H and O–H groups in total. The van der Waals surface area contributed by atoms with Crippen molar-refractivity contribution < 1.29 is 13.2 Å². The predicted molar refractivity (Wildman–Crippen MR) is 78.6 cm³/mol. The molecule has 1 aliphatic heterocycles. The lowest BCUT2D eigenvalue weighted by molar-refractivity contribution is -0.119. The van der Waals surface area contributed by atoms with Crippen LogP contribution in [-0.2, 0) is 33.9 Å². The average Bonchev–Trinajstić information content (AvgIpc) is 2.95. The quantitative estimate of drug-likeness (QED) is 0.854. The van der Waals surface area contributed by atoms with Gasteiger partial charge in [-0.25, -0.2) is 8.42 Å². The first-order valence-corrected chi connectivity index (χ1v) is 9.17. The standard InChI is InChI=1S/C16H20O3S/c17-16(10-13-6-7-20(18,19)11-13)9-12-4-5-14-2-1-3-15(14)8-12/h4-5,8,13H,1-3,6-7,9-11H2. The van der Waals surface area contributed by atoms with Crippen molar-refractivity contribution in [3.63, 3.8) is 0 Å². The number of sulfone groups is 1. The summed E-state index contributed by atoms with van der Waals surface area (Å²) in [6.07, 6.45) is 5.01. The van der Waals surface area contributed by atoms with Gasteiger partial charge in [0.05, 0.1) is 11.5 Å². The molecule has 1 aliphatic carbocycles. The Kier molecular flexibility index (Phi) is 3.67. The summed E-state index contributed by atoms with van der Waals surface area (Å²) in [5.74, 6) is 0.666. The average molecular weight is 292 g/mol. The van der Waals surface area contributed by atoms with Crippen molar-refractivity contribution in [1.82, 2.24) is 0 Å². The number of ketones is 1. The van der Waals surface area contributed by atoms with E-state index in [1.165, 1.54) is 17.5 Å². The van der Waals surface area contributed by atoms with Gasteiger partial charge >= 0.3 is 0 Å². The molecule has 2 aliphatic rings. The lowest BCUT2D eigenvalue weighted by Crippen LogP contribution is -2.12. The Labute approximate surface area is 120 Å². The largest absolute Gasteiger partial charge is 0.299 e. The second kappa shape index (κ2) is 5.32. The van der Waals surface area contributed by atoms with E-state index in [9.17, 15) is 13.2 Å². The van der Waals surface area contributed by atoms with Gasteiger partial charge in [-0.15, -0.1) is 0 Å². The number of Topliss-reactive ketones (excluding diaryl/α,β-unsaturated/α-hetero) is 1. The second-order valence-corrected chi connectivity index (χ2v) is 8.37. The maximum Gasteiger partial charge on any atom is 0.150 e. The number of carbonyl (C=O) groups is 1. The highest BCUT2D eigenvalue weighted by atomic mass is 32.2. The molecule has 1 heterocycles. The van der Waals surface area contributed by atoms with Gasteiger partial charge in [0, 0.05) is 12.8 Å². The van der Waals surface area contributed by atoms with Gasteiger partial charge in [-0.05, 0) is 48.3 Å². The molecule has 20 heavy (non-hydrogen) atoms. The number of benzene rings is 1. The fraction of sp³-hybridized carbons (Fsp3) is 0.562. The Morgan fingerprint density at radius 2 is 2.00 bits per heavy atom. The van der Waals surface area contributed by atoms with Crippen LogP contribution in [0.5, 0.6) is 0 Å². The molecule has 1 aromatic rings. The highest BCUT2D eigenvalue weighted by Gasteiger charge is 2.29. The van der Waals surface area contributed by atoms with Crippen LogP contribution in [0.3, 0.4) is 0 Å². The molecule has 108 valence electrons. The van der Waals surface area contributed by atoms with Crippen molar-refractivity contribution >= 4 is 15.6 Å². The van der Waals surface area contributed by atoms with Gasteiger partial charge in [-0.2, -0.15) is 0 Å². The topological polar surface area (TPSA) is 51.2 Å². The van der Waals surface area contributed by atoms with E-state index in [4.69, 9.17) is 0 Å². The van der Waals surface area contributed by atoms with E-state index >= 15 is 0 Å². The van der Waals surface area contributed by atoms with Crippen molar-refractivity contribution in [3.8, 4) is 0 Å². The Morgan fingerprint density at radius 3 is 2.75 bits per heavy atom. The first kappa shape index (κ1) is 13.8. The van der Waals surface area contributed by atoms with Crippen LogP contribution in [0, 0.1) is 5.92 Å². The van der Waals surface area contributed by atoms with Gasteiger partial charge in [0.1, 0.15) is 5.78 Å². The molecule has 1 aromatic carbocycles. The molecule has 1 atom stereocenters. The van der Waals surface area contributed by atoms with Crippen LogP contribution >= 0.6 is 0 Å². The van der Waals surface area contributed by atoms with Crippen LogP contribution in [0.25, 0.3) is 0 Å². The zero-order valence-corrected chi connectivity index (χ0v) is 12.4. The lowest BCUT2D eigenvalue weighted by Gasteiger charge is -2.08. The summed E-state index contributed by atoms with van der Waals surface area (Å²) >= 11 is 0. The minimum Gasteiger partial charge on any atom is -0.299 e. The summed E-state index contributed by atoms with van der Waals surface area (Å²) < 4.78 is 22.8. The minimum atomic E-state index is -2.87. The van der Waals surface area contributed by atoms with Gasteiger partial charge in [-0.3, -0.25) is 4.79 Å². The number of hydrogen-bond acceptors (Lipinski definition) is 3. The number of aryl methyl sites for hydroxylation is 2. The van der Waals surface area contributed by atoms with Gasteiger partial charge in [0.25, 0.3) is 0 Å². The van der Waals surface area contributed by atoms with Gasteiger partial charge in [-0.1, -0.05) is 18.2 Å². The fourth-order valence-electron chi connectivity index (χ4n) is 3.39. The lowest BCUT2D eigenvalue weighted by atomic mass is 9.96. The summed E-state index contributed by atoms with van der Waals surface area (Å²) in [6, 6.07) is 6.35. The molecular weight excluding hydrogens is 272 g/mol. The zero-order chi connectivity index (χ0) is 14.2. The maximum absolute atomic E-state index is 12.1. The summed E-state index contributed by atoms with van der Waals surface area (Å²) in [5, 5.41) is 0. The van der Waals surface area contributed by atoms with E-state index in [2.05, 4.69) is 12.1 Å². The Bertz CT molecular complexity index is 631. The fourth-order valence-corrected chi connectivity index (χ4v) is 5.25. The van der Waals surface area contributed by atoms with Crippen LogP contribution in [0.1, 0.15) is 36.0 Å². The molecule has 1 fully saturated rings. The number of hydrogen-bond donors (Lipinski definition) is 0. The zero-order valence-electron chi connectivity index (χ0n) is 11.6. The van der Waals surface area contributed by atoms with Crippen molar-refractivity contribution in [1.29, 1.82) is 0 Å². The molecule has 3 rings (SSSR count). The molecule has 0 saturated carbocycles. The Hall–Kier alpha value is -1.16. The molecule has 1 saturated heterocycles. The van der Waals surface area contributed by atoms with Crippen LogP contribution in [0.15, 0.2) is 18.2 Å². The van der Waals surface area contributed by atoms with Crippen molar-refractivity contribution in [2.24, 2.45) is 5.92 Å². The number of fused-ring (bicyclic) bond motifs is 1. The molecule has 0 spiro atoms. The van der Waals surface area contributed by atoms with E-state index in [-0.39, 0.29) is 23.2 Å². The van der Waals surface area contributed by atoms with E-state index < -0.39 is 9.84 Å². The van der Waals surface area contributed by atoms with E-state index in [1.54, 1.807) is 0 Å². The van der Waals surface area contributed by atoms with Crippen molar-refractivity contribution in [3.05, 3.63) is 34.9 Å². The number of rotatable bonds is 4.